The first-order valence-electron chi connectivity index (χ1n) is 11.9. The number of hydrogen-bond donors (Lipinski definition) is 2. The molecule has 8 heteroatoms. The first-order chi connectivity index (χ1) is 17.1. The smallest absolute Gasteiger partial charge is 0.272 e. The van der Waals surface area contributed by atoms with Crippen molar-refractivity contribution in [3.8, 4) is 0 Å². The molecule has 36 heavy (non-hydrogen) atoms. The number of aromatic nitrogens is 2. The van der Waals surface area contributed by atoms with Crippen molar-refractivity contribution in [3.63, 3.8) is 0 Å². The number of nitrogens with zero attached hydrogens (tertiary/aromatic N) is 1. The zero-order chi connectivity index (χ0) is 26.3. The molecule has 2 N–H and O–H groups in total. The Morgan fingerprint density at radius 2 is 2.00 bits per heavy atom. The van der Waals surface area contributed by atoms with Crippen LogP contribution >= 0.6 is 11.6 Å². The molecule has 1 atom stereocenters. The van der Waals surface area contributed by atoms with Gasteiger partial charge in [-0.15, -0.1) is 11.6 Å². The summed E-state index contributed by atoms with van der Waals surface area (Å²) in [5.41, 5.74) is 3.96. The second kappa shape index (κ2) is 12.2. The van der Waals surface area contributed by atoms with Crippen molar-refractivity contribution in [3.05, 3.63) is 89.7 Å². The number of fused-ring (bicyclic) bond motifs is 1. The van der Waals surface area contributed by atoms with Crippen LogP contribution in [0.5, 0.6) is 0 Å². The largest absolute Gasteiger partial charge is 0.351 e. The maximum Gasteiger partial charge on any atom is 0.272 e. The second-order valence-electron chi connectivity index (χ2n) is 8.54. The zero-order valence-corrected chi connectivity index (χ0v) is 22.4. The Balaban J connectivity index is 1.77. The van der Waals surface area contributed by atoms with Crippen molar-refractivity contribution in [1.29, 1.82) is 0 Å². The van der Waals surface area contributed by atoms with Crippen LogP contribution in [-0.4, -0.2) is 41.2 Å². The third kappa shape index (κ3) is 6.95. The van der Waals surface area contributed by atoms with Crippen LogP contribution in [0.2, 0.25) is 0 Å². The lowest BCUT2D eigenvalue weighted by Crippen LogP contribution is -2.22. The van der Waals surface area contributed by atoms with Gasteiger partial charge in [0.2, 0.25) is 0 Å². The van der Waals surface area contributed by atoms with Gasteiger partial charge in [-0.25, -0.2) is 8.42 Å². The molecule has 0 fully saturated rings. The van der Waals surface area contributed by atoms with E-state index in [1.807, 2.05) is 44.2 Å². The van der Waals surface area contributed by atoms with Gasteiger partial charge in [-0.2, -0.15) is 0 Å². The van der Waals surface area contributed by atoms with Crippen molar-refractivity contribution < 1.29 is 13.2 Å². The fourth-order valence-corrected chi connectivity index (χ4v) is 4.73. The fourth-order valence-electron chi connectivity index (χ4n) is 3.78. The third-order valence-electron chi connectivity index (χ3n) is 5.87. The van der Waals surface area contributed by atoms with E-state index in [-0.39, 0.29) is 22.8 Å². The van der Waals surface area contributed by atoms with E-state index in [1.54, 1.807) is 37.4 Å². The maximum atomic E-state index is 12.9. The molecule has 0 aliphatic carbocycles. The van der Waals surface area contributed by atoms with Gasteiger partial charge in [0.25, 0.3) is 5.91 Å². The van der Waals surface area contributed by atoms with Gasteiger partial charge in [0.1, 0.15) is 15.5 Å². The summed E-state index contributed by atoms with van der Waals surface area (Å²) in [6.07, 6.45) is 8.23. The van der Waals surface area contributed by atoms with Crippen molar-refractivity contribution in [2.45, 2.75) is 39.0 Å². The highest BCUT2D eigenvalue weighted by Crippen LogP contribution is 2.30. The van der Waals surface area contributed by atoms with Gasteiger partial charge in [0, 0.05) is 28.7 Å². The van der Waals surface area contributed by atoms with E-state index in [0.29, 0.717) is 24.2 Å². The molecule has 0 saturated heterocycles. The minimum absolute atomic E-state index is 0.104. The van der Waals surface area contributed by atoms with Crippen molar-refractivity contribution >= 4 is 49.8 Å². The molecular weight excluding hydrogens is 494 g/mol. The Hall–Kier alpha value is -3.16. The van der Waals surface area contributed by atoms with Gasteiger partial charge >= 0.3 is 0 Å². The number of hydrogen-bond acceptors (Lipinski definition) is 4. The van der Waals surface area contributed by atoms with Crippen LogP contribution in [0.15, 0.2) is 67.0 Å². The average Bonchev–Trinajstić information content (AvgIpc) is 3.25. The number of halogens is 1. The summed E-state index contributed by atoms with van der Waals surface area (Å²) < 4.78 is 23.3. The summed E-state index contributed by atoms with van der Waals surface area (Å²) in [5, 5.41) is 4.55. The monoisotopic (exact) mass is 525 g/mol. The Labute approximate surface area is 218 Å². The van der Waals surface area contributed by atoms with Gasteiger partial charge in [-0.05, 0) is 60.6 Å². The number of benzene rings is 1. The Bertz CT molecular complexity index is 1420. The molecule has 2 heterocycles. The topological polar surface area (TPSA) is 91.9 Å². The first-order valence-corrected chi connectivity index (χ1v) is 14.2. The van der Waals surface area contributed by atoms with E-state index >= 15 is 0 Å². The summed E-state index contributed by atoms with van der Waals surface area (Å²) in [7, 11) is -3.01. The van der Waals surface area contributed by atoms with Crippen LogP contribution in [0.4, 0.5) is 0 Å². The summed E-state index contributed by atoms with van der Waals surface area (Å²) in [6, 6.07) is 11.6. The number of carbonyl (C=O) groups is 1. The number of pyridine rings is 1. The number of alkyl halides is 1. The summed E-state index contributed by atoms with van der Waals surface area (Å²) in [4.78, 5) is 20.6. The number of sulfone groups is 1. The van der Waals surface area contributed by atoms with Gasteiger partial charge in [-0.3, -0.25) is 9.78 Å². The van der Waals surface area contributed by atoms with Gasteiger partial charge in [0.15, 0.2) is 0 Å². The van der Waals surface area contributed by atoms with Crippen molar-refractivity contribution in [2.24, 2.45) is 0 Å². The standard InChI is InChI=1S/C28H32ClN3O3S/c1-5-24(29)23(27-22-12-8-7-11-21(22)14-15-30-27)18-20(4)31-28(33)26-17-19(3)25(32-26)13-9-10-16-36(34,35)6-2/h7-9,11-15,17-18,24,32H,4-6,10,16H2,1-3H3,(H,31,33). The number of allylic oxidation sites excluding steroid dienone is 3. The highest BCUT2D eigenvalue weighted by atomic mass is 35.5. The molecule has 0 bridgehead atoms. The number of carbonyl (C=O) groups excluding carboxylic acids is 1. The lowest BCUT2D eigenvalue weighted by atomic mass is 9.99. The number of aryl methyl sites for hydroxylation is 1. The number of rotatable bonds is 11. The average molecular weight is 526 g/mol. The maximum absolute atomic E-state index is 12.9. The molecule has 0 aliphatic rings. The molecule has 0 radical (unpaired) electrons. The van der Waals surface area contributed by atoms with Crippen LogP contribution in [0.25, 0.3) is 22.4 Å². The van der Waals surface area contributed by atoms with Gasteiger partial charge in [-0.1, -0.05) is 50.8 Å². The van der Waals surface area contributed by atoms with Crippen molar-refractivity contribution in [2.75, 3.05) is 11.5 Å². The van der Waals surface area contributed by atoms with E-state index in [2.05, 4.69) is 21.9 Å². The second-order valence-corrected chi connectivity index (χ2v) is 11.5. The quantitative estimate of drug-likeness (QED) is 0.235. The summed E-state index contributed by atoms with van der Waals surface area (Å²) in [6.45, 7) is 9.54. The molecule has 1 aromatic carbocycles. The van der Waals surface area contributed by atoms with E-state index in [0.717, 1.165) is 33.3 Å². The predicted molar refractivity (Wildman–Crippen MR) is 150 cm³/mol. The number of amides is 1. The zero-order valence-electron chi connectivity index (χ0n) is 20.8. The molecule has 1 unspecified atom stereocenters. The molecule has 1 amide bonds. The minimum atomic E-state index is -3.01. The third-order valence-corrected chi connectivity index (χ3v) is 8.15. The molecule has 6 nitrogen and oxygen atoms in total. The summed E-state index contributed by atoms with van der Waals surface area (Å²) >= 11 is 6.67. The predicted octanol–water partition coefficient (Wildman–Crippen LogP) is 6.05. The number of H-pyrrole nitrogens is 1. The molecule has 2 aromatic heterocycles. The molecule has 3 rings (SSSR count). The van der Waals surface area contributed by atoms with Crippen LogP contribution in [-0.2, 0) is 9.84 Å². The van der Waals surface area contributed by atoms with E-state index < -0.39 is 9.84 Å². The normalized spacial score (nSPS) is 13.3. The highest BCUT2D eigenvalue weighted by Gasteiger charge is 2.17. The fraction of sp³-hybridized carbons (Fsp3) is 0.286. The van der Waals surface area contributed by atoms with Crippen molar-refractivity contribution in [1.82, 2.24) is 15.3 Å². The molecular formula is C28H32ClN3O3S. The van der Waals surface area contributed by atoms with Gasteiger partial charge < -0.3 is 10.3 Å². The SMILES string of the molecule is C=C(C=C(c1nccc2ccccc12)C(Cl)CC)NC(=O)c1cc(C)c(C=CCCS(=O)(=O)CC)[nH]1. The first kappa shape index (κ1) is 27.4. The summed E-state index contributed by atoms with van der Waals surface area (Å²) in [5.74, 6) is -0.0983. The lowest BCUT2D eigenvalue weighted by molar-refractivity contribution is 0.0963. The number of aromatic amines is 1. The molecule has 190 valence electrons. The van der Waals surface area contributed by atoms with E-state index in [1.165, 1.54) is 0 Å². The van der Waals surface area contributed by atoms with Gasteiger partial charge in [0.05, 0.1) is 16.8 Å². The van der Waals surface area contributed by atoms with E-state index in [4.69, 9.17) is 11.6 Å². The molecule has 0 aliphatic heterocycles. The van der Waals surface area contributed by atoms with Crippen LogP contribution < -0.4 is 5.32 Å². The van der Waals surface area contributed by atoms with Crippen LogP contribution in [0, 0.1) is 6.92 Å². The van der Waals surface area contributed by atoms with Crippen LogP contribution in [0.1, 0.15) is 54.1 Å². The van der Waals surface area contributed by atoms with E-state index in [9.17, 15) is 13.2 Å². The lowest BCUT2D eigenvalue weighted by Gasteiger charge is -2.15. The molecule has 3 aromatic rings. The van der Waals surface area contributed by atoms with Crippen LogP contribution in [0.3, 0.4) is 0 Å². The number of nitrogens with one attached hydrogen (secondary N) is 2. The Morgan fingerprint density at radius 3 is 2.72 bits per heavy atom. The minimum Gasteiger partial charge on any atom is -0.351 e. The Morgan fingerprint density at radius 1 is 1.25 bits per heavy atom. The molecule has 0 spiro atoms. The highest BCUT2D eigenvalue weighted by molar-refractivity contribution is 7.91. The molecule has 0 saturated carbocycles. The Kier molecular flexibility index (Phi) is 9.29.